The first-order valence-electron chi connectivity index (χ1n) is 5.96. The molecule has 4 nitrogen and oxygen atoms in total. The lowest BCUT2D eigenvalue weighted by Gasteiger charge is -2.24. The molecule has 0 radical (unpaired) electrons. The van der Waals surface area contributed by atoms with Crippen molar-refractivity contribution < 1.29 is 9.53 Å². The highest BCUT2D eigenvalue weighted by atomic mass is 16.6. The van der Waals surface area contributed by atoms with Crippen molar-refractivity contribution in [3.05, 3.63) is 0 Å². The van der Waals surface area contributed by atoms with E-state index < -0.39 is 5.60 Å². The summed E-state index contributed by atoms with van der Waals surface area (Å²) in [5.74, 6) is 0. The van der Waals surface area contributed by atoms with Gasteiger partial charge in [-0.15, -0.1) is 0 Å². The molecule has 0 heterocycles. The van der Waals surface area contributed by atoms with Gasteiger partial charge in [-0.1, -0.05) is 6.92 Å². The molecule has 0 saturated carbocycles. The van der Waals surface area contributed by atoms with E-state index in [-0.39, 0.29) is 12.1 Å². The van der Waals surface area contributed by atoms with Gasteiger partial charge in [0.15, 0.2) is 0 Å². The van der Waals surface area contributed by atoms with Gasteiger partial charge in [0.05, 0.1) is 0 Å². The Morgan fingerprint density at radius 1 is 1.44 bits per heavy atom. The van der Waals surface area contributed by atoms with Crippen LogP contribution in [-0.4, -0.2) is 36.2 Å². The third-order valence-electron chi connectivity index (χ3n) is 2.30. The fourth-order valence-electron chi connectivity index (χ4n) is 1.23. The second-order valence-corrected chi connectivity index (χ2v) is 5.21. The standard InChI is InChI=1S/C12H26N2O2/c1-6-10(13)8-7-9-14(5)11(15)16-12(2,3)4/h10H,6-9,13H2,1-5H3. The minimum Gasteiger partial charge on any atom is -0.444 e. The third kappa shape index (κ3) is 7.51. The van der Waals surface area contributed by atoms with E-state index in [1.165, 1.54) is 0 Å². The van der Waals surface area contributed by atoms with Crippen LogP contribution in [0.4, 0.5) is 4.79 Å². The van der Waals surface area contributed by atoms with Crippen molar-refractivity contribution >= 4 is 6.09 Å². The first kappa shape index (κ1) is 15.2. The summed E-state index contributed by atoms with van der Waals surface area (Å²) in [6.07, 6.45) is 2.59. The van der Waals surface area contributed by atoms with Gasteiger partial charge in [-0.05, 0) is 40.0 Å². The predicted molar refractivity (Wildman–Crippen MR) is 66.4 cm³/mol. The molecule has 1 unspecified atom stereocenters. The second kappa shape index (κ2) is 6.74. The third-order valence-corrected chi connectivity index (χ3v) is 2.30. The molecule has 16 heavy (non-hydrogen) atoms. The average Bonchev–Trinajstić information content (AvgIpc) is 2.14. The Kier molecular flexibility index (Phi) is 6.41. The lowest BCUT2D eigenvalue weighted by molar-refractivity contribution is 0.0295. The molecule has 0 aliphatic rings. The van der Waals surface area contributed by atoms with E-state index in [1.807, 2.05) is 20.8 Å². The number of carbonyl (C=O) groups is 1. The van der Waals surface area contributed by atoms with Crippen LogP contribution in [0.3, 0.4) is 0 Å². The minimum atomic E-state index is -0.425. The Morgan fingerprint density at radius 2 is 2.00 bits per heavy atom. The van der Waals surface area contributed by atoms with Crippen molar-refractivity contribution in [1.82, 2.24) is 4.90 Å². The van der Waals surface area contributed by atoms with E-state index in [0.717, 1.165) is 19.3 Å². The van der Waals surface area contributed by atoms with E-state index >= 15 is 0 Å². The monoisotopic (exact) mass is 230 g/mol. The van der Waals surface area contributed by atoms with Crippen molar-refractivity contribution in [2.24, 2.45) is 5.73 Å². The summed E-state index contributed by atoms with van der Waals surface area (Å²) in [5, 5.41) is 0. The fraction of sp³-hybridized carbons (Fsp3) is 0.917. The Morgan fingerprint density at radius 3 is 2.44 bits per heavy atom. The van der Waals surface area contributed by atoms with Gasteiger partial charge in [-0.25, -0.2) is 4.79 Å². The van der Waals surface area contributed by atoms with Crippen molar-refractivity contribution in [3.8, 4) is 0 Å². The summed E-state index contributed by atoms with van der Waals surface area (Å²) in [4.78, 5) is 13.2. The van der Waals surface area contributed by atoms with Crippen LogP contribution < -0.4 is 5.73 Å². The largest absolute Gasteiger partial charge is 0.444 e. The average molecular weight is 230 g/mol. The molecule has 0 aliphatic carbocycles. The van der Waals surface area contributed by atoms with Gasteiger partial charge in [0.25, 0.3) is 0 Å². The van der Waals surface area contributed by atoms with E-state index in [0.29, 0.717) is 6.54 Å². The number of rotatable bonds is 5. The predicted octanol–water partition coefficient (Wildman–Crippen LogP) is 2.37. The number of ether oxygens (including phenoxy) is 1. The zero-order valence-electron chi connectivity index (χ0n) is 11.2. The molecule has 2 N–H and O–H groups in total. The number of amides is 1. The van der Waals surface area contributed by atoms with Crippen LogP contribution >= 0.6 is 0 Å². The van der Waals surface area contributed by atoms with Crippen LogP contribution in [0.2, 0.25) is 0 Å². The summed E-state index contributed by atoms with van der Waals surface area (Å²) >= 11 is 0. The number of hydrogen-bond donors (Lipinski definition) is 1. The molecule has 0 saturated heterocycles. The topological polar surface area (TPSA) is 55.6 Å². The second-order valence-electron chi connectivity index (χ2n) is 5.21. The molecule has 0 fully saturated rings. The van der Waals surface area contributed by atoms with Gasteiger partial charge < -0.3 is 15.4 Å². The maximum atomic E-state index is 11.6. The molecule has 0 spiro atoms. The maximum Gasteiger partial charge on any atom is 0.410 e. The lowest BCUT2D eigenvalue weighted by Crippen LogP contribution is -2.35. The van der Waals surface area contributed by atoms with Crippen LogP contribution in [-0.2, 0) is 4.74 Å². The molecule has 0 aromatic heterocycles. The molecule has 96 valence electrons. The molecule has 1 amide bonds. The van der Waals surface area contributed by atoms with Gasteiger partial charge in [0, 0.05) is 19.6 Å². The zero-order valence-corrected chi connectivity index (χ0v) is 11.2. The summed E-state index contributed by atoms with van der Waals surface area (Å²) < 4.78 is 5.24. The number of hydrogen-bond acceptors (Lipinski definition) is 3. The van der Waals surface area contributed by atoms with Crippen LogP contribution in [0.1, 0.15) is 47.0 Å². The minimum absolute atomic E-state index is 0.243. The molecule has 0 aliphatic heterocycles. The van der Waals surface area contributed by atoms with E-state index in [4.69, 9.17) is 10.5 Å². The van der Waals surface area contributed by atoms with Gasteiger partial charge in [0.2, 0.25) is 0 Å². The fourth-order valence-corrected chi connectivity index (χ4v) is 1.23. The summed E-state index contributed by atoms with van der Waals surface area (Å²) in [5.41, 5.74) is 5.38. The van der Waals surface area contributed by atoms with Crippen molar-refractivity contribution in [2.45, 2.75) is 58.6 Å². The van der Waals surface area contributed by atoms with Gasteiger partial charge in [0.1, 0.15) is 5.60 Å². The van der Waals surface area contributed by atoms with Crippen molar-refractivity contribution in [3.63, 3.8) is 0 Å². The van der Waals surface area contributed by atoms with Crippen molar-refractivity contribution in [2.75, 3.05) is 13.6 Å². The Bertz CT molecular complexity index is 212. The van der Waals surface area contributed by atoms with Crippen molar-refractivity contribution in [1.29, 1.82) is 0 Å². The van der Waals surface area contributed by atoms with Gasteiger partial charge in [-0.3, -0.25) is 0 Å². The quantitative estimate of drug-likeness (QED) is 0.789. The maximum absolute atomic E-state index is 11.6. The Hall–Kier alpha value is -0.770. The first-order valence-corrected chi connectivity index (χ1v) is 5.96. The molecule has 0 aromatic carbocycles. The lowest BCUT2D eigenvalue weighted by atomic mass is 10.1. The van der Waals surface area contributed by atoms with Crippen LogP contribution in [0, 0.1) is 0 Å². The van der Waals surface area contributed by atoms with E-state index in [9.17, 15) is 4.79 Å². The Balaban J connectivity index is 3.80. The number of carbonyl (C=O) groups excluding carboxylic acids is 1. The zero-order chi connectivity index (χ0) is 12.8. The molecular weight excluding hydrogens is 204 g/mol. The molecule has 0 bridgehead atoms. The summed E-state index contributed by atoms with van der Waals surface area (Å²) in [6.45, 7) is 8.37. The van der Waals surface area contributed by atoms with Crippen LogP contribution in [0.15, 0.2) is 0 Å². The molecule has 1 atom stereocenters. The smallest absolute Gasteiger partial charge is 0.410 e. The van der Waals surface area contributed by atoms with Gasteiger partial charge >= 0.3 is 6.09 Å². The first-order chi connectivity index (χ1) is 7.26. The summed E-state index contributed by atoms with van der Waals surface area (Å²) in [7, 11) is 1.76. The normalized spacial score (nSPS) is 13.4. The van der Waals surface area contributed by atoms with E-state index in [1.54, 1.807) is 11.9 Å². The van der Waals surface area contributed by atoms with Crippen LogP contribution in [0.5, 0.6) is 0 Å². The molecule has 4 heteroatoms. The van der Waals surface area contributed by atoms with Crippen LogP contribution in [0.25, 0.3) is 0 Å². The summed E-state index contributed by atoms with van der Waals surface area (Å²) in [6, 6.07) is 0.243. The van der Waals surface area contributed by atoms with E-state index in [2.05, 4.69) is 6.92 Å². The molecule has 0 aromatic rings. The highest BCUT2D eigenvalue weighted by Crippen LogP contribution is 2.09. The highest BCUT2D eigenvalue weighted by Gasteiger charge is 2.19. The Labute approximate surface area is 99.1 Å². The van der Waals surface area contributed by atoms with Gasteiger partial charge in [-0.2, -0.15) is 0 Å². The number of nitrogens with two attached hydrogens (primary N) is 1. The SMILES string of the molecule is CCC(N)CCCN(C)C(=O)OC(C)(C)C. The number of nitrogens with zero attached hydrogens (tertiary/aromatic N) is 1. The molecular formula is C12H26N2O2. The highest BCUT2D eigenvalue weighted by molar-refractivity contribution is 5.67. The molecule has 0 rings (SSSR count).